The van der Waals surface area contributed by atoms with E-state index >= 15 is 0 Å². The van der Waals surface area contributed by atoms with Crippen molar-refractivity contribution in [2.45, 2.75) is 19.8 Å². The van der Waals surface area contributed by atoms with Gasteiger partial charge in [-0.1, -0.05) is 41.6 Å². The van der Waals surface area contributed by atoms with Crippen molar-refractivity contribution < 1.29 is 23.8 Å². The van der Waals surface area contributed by atoms with Crippen molar-refractivity contribution in [3.05, 3.63) is 51.9 Å². The van der Waals surface area contributed by atoms with Gasteiger partial charge in [0.1, 0.15) is 5.75 Å². The summed E-state index contributed by atoms with van der Waals surface area (Å²) in [5.74, 6) is 1.24. The van der Waals surface area contributed by atoms with Crippen molar-refractivity contribution in [1.29, 1.82) is 0 Å². The first-order chi connectivity index (χ1) is 16.9. The fraction of sp³-hybridized carbons (Fsp3) is 0.320. The number of hydrogen-bond donors (Lipinski definition) is 0. The number of hydrogen-bond acceptors (Lipinski definition) is 7. The van der Waals surface area contributed by atoms with Crippen LogP contribution in [0.15, 0.2) is 41.3 Å². The molecule has 35 heavy (non-hydrogen) atoms. The number of likely N-dealkylation sites (tertiary alicyclic amines) is 1. The highest BCUT2D eigenvalue weighted by Gasteiger charge is 2.33. The van der Waals surface area contributed by atoms with E-state index in [0.717, 1.165) is 31.5 Å². The average Bonchev–Trinajstić information content (AvgIpc) is 3.47. The quantitative estimate of drug-likeness (QED) is 0.344. The van der Waals surface area contributed by atoms with E-state index in [1.165, 1.54) is 23.8 Å². The summed E-state index contributed by atoms with van der Waals surface area (Å²) in [6.07, 6.45) is 3.82. The van der Waals surface area contributed by atoms with Crippen LogP contribution in [0.3, 0.4) is 0 Å². The second-order valence-electron chi connectivity index (χ2n) is 7.85. The fourth-order valence-corrected chi connectivity index (χ4v) is 5.39. The van der Waals surface area contributed by atoms with E-state index < -0.39 is 0 Å². The van der Waals surface area contributed by atoms with Gasteiger partial charge in [0.15, 0.2) is 22.4 Å². The Labute approximate surface area is 218 Å². The summed E-state index contributed by atoms with van der Waals surface area (Å²) in [4.78, 5) is 29.2. The minimum absolute atomic E-state index is 0.0312. The standard InChI is InChI=1S/C25H25ClN2O5S2/c1-3-32-21-12-16(6-8-20(21)33-15-23(29)27-10-4-5-11-27)13-22-24(30)28(25(34)35-22)17-7-9-19(31-2)18(26)14-17/h6-9,12-14H,3-5,10-11,15H2,1-2H3/b22-13-. The van der Waals surface area contributed by atoms with Crippen LogP contribution in [-0.2, 0) is 9.59 Å². The summed E-state index contributed by atoms with van der Waals surface area (Å²) < 4.78 is 17.1. The molecule has 0 radical (unpaired) electrons. The first-order valence-corrected chi connectivity index (χ1v) is 12.8. The first kappa shape index (κ1) is 25.3. The number of methoxy groups -OCH3 is 1. The van der Waals surface area contributed by atoms with Crippen LogP contribution in [0.4, 0.5) is 5.69 Å². The van der Waals surface area contributed by atoms with E-state index in [0.29, 0.717) is 43.8 Å². The molecule has 184 valence electrons. The third-order valence-corrected chi connectivity index (χ3v) is 7.16. The van der Waals surface area contributed by atoms with Crippen LogP contribution in [0, 0.1) is 0 Å². The summed E-state index contributed by atoms with van der Waals surface area (Å²) >= 11 is 12.9. The first-order valence-electron chi connectivity index (χ1n) is 11.2. The van der Waals surface area contributed by atoms with Crippen LogP contribution in [-0.4, -0.2) is 54.4 Å². The van der Waals surface area contributed by atoms with Crippen molar-refractivity contribution in [1.82, 2.24) is 4.90 Å². The Kier molecular flexibility index (Phi) is 8.20. The zero-order valence-corrected chi connectivity index (χ0v) is 21.8. The van der Waals surface area contributed by atoms with Crippen LogP contribution in [0.5, 0.6) is 17.2 Å². The number of nitrogens with zero attached hydrogens (tertiary/aromatic N) is 2. The Morgan fingerprint density at radius 1 is 1.11 bits per heavy atom. The molecule has 2 saturated heterocycles. The van der Waals surface area contributed by atoms with Gasteiger partial charge >= 0.3 is 0 Å². The van der Waals surface area contributed by atoms with Gasteiger partial charge in [0.05, 0.1) is 29.3 Å². The topological polar surface area (TPSA) is 68.3 Å². The highest BCUT2D eigenvalue weighted by Crippen LogP contribution is 2.39. The van der Waals surface area contributed by atoms with E-state index in [1.54, 1.807) is 36.4 Å². The van der Waals surface area contributed by atoms with Gasteiger partial charge in [-0.05, 0) is 61.7 Å². The molecule has 2 aliphatic rings. The number of anilines is 1. The predicted octanol–water partition coefficient (Wildman–Crippen LogP) is 5.15. The molecule has 7 nitrogen and oxygen atoms in total. The van der Waals surface area contributed by atoms with Gasteiger partial charge in [0.2, 0.25) is 0 Å². The smallest absolute Gasteiger partial charge is 0.270 e. The second kappa shape index (κ2) is 11.3. The molecule has 2 aromatic carbocycles. The van der Waals surface area contributed by atoms with Crippen molar-refractivity contribution in [3.8, 4) is 17.2 Å². The maximum atomic E-state index is 13.1. The van der Waals surface area contributed by atoms with Crippen molar-refractivity contribution >= 4 is 63.5 Å². The molecular formula is C25H25ClN2O5S2. The maximum absolute atomic E-state index is 13.1. The third kappa shape index (κ3) is 5.74. The van der Waals surface area contributed by atoms with Crippen molar-refractivity contribution in [2.75, 3.05) is 38.3 Å². The Balaban J connectivity index is 1.51. The van der Waals surface area contributed by atoms with E-state index in [4.69, 9.17) is 38.0 Å². The number of thioether (sulfide) groups is 1. The van der Waals surface area contributed by atoms with Crippen molar-refractivity contribution in [3.63, 3.8) is 0 Å². The molecule has 0 saturated carbocycles. The number of thiocarbonyl (C=S) groups is 1. The lowest BCUT2D eigenvalue weighted by Gasteiger charge is -2.17. The van der Waals surface area contributed by atoms with Gasteiger partial charge in [-0.2, -0.15) is 0 Å². The number of benzene rings is 2. The largest absolute Gasteiger partial charge is 0.495 e. The zero-order chi connectivity index (χ0) is 24.9. The molecule has 0 N–H and O–H groups in total. The molecule has 0 aliphatic carbocycles. The average molecular weight is 533 g/mol. The SMILES string of the molecule is CCOc1cc(/C=C2\SC(=S)N(c3ccc(OC)c(Cl)c3)C2=O)ccc1OCC(=O)N1CCCC1. The van der Waals surface area contributed by atoms with Crippen LogP contribution in [0.2, 0.25) is 5.02 Å². The highest BCUT2D eigenvalue weighted by molar-refractivity contribution is 8.27. The lowest BCUT2D eigenvalue weighted by atomic mass is 10.1. The third-order valence-electron chi connectivity index (χ3n) is 5.56. The summed E-state index contributed by atoms with van der Waals surface area (Å²) in [5.41, 5.74) is 1.32. The van der Waals surface area contributed by atoms with E-state index in [-0.39, 0.29) is 18.4 Å². The number of carbonyl (C=O) groups is 2. The van der Waals surface area contributed by atoms with E-state index in [9.17, 15) is 9.59 Å². The summed E-state index contributed by atoms with van der Waals surface area (Å²) in [6, 6.07) is 10.4. The monoisotopic (exact) mass is 532 g/mol. The van der Waals surface area contributed by atoms with Crippen LogP contribution >= 0.6 is 35.6 Å². The Hall–Kier alpha value is -2.75. The molecule has 2 fully saturated rings. The van der Waals surface area contributed by atoms with Crippen LogP contribution < -0.4 is 19.1 Å². The molecule has 0 spiro atoms. The fourth-order valence-electron chi connectivity index (χ4n) is 3.84. The molecule has 0 bridgehead atoms. The molecule has 4 rings (SSSR count). The number of amides is 2. The summed E-state index contributed by atoms with van der Waals surface area (Å²) in [5, 5.41) is 0.392. The number of halogens is 1. The Morgan fingerprint density at radius 3 is 2.54 bits per heavy atom. The van der Waals surface area contributed by atoms with Crippen molar-refractivity contribution in [2.24, 2.45) is 0 Å². The lowest BCUT2D eigenvalue weighted by Crippen LogP contribution is -2.32. The number of rotatable bonds is 8. The number of ether oxygens (including phenoxy) is 3. The molecule has 2 aromatic rings. The Bertz CT molecular complexity index is 1180. The van der Waals surface area contributed by atoms with Gasteiger partial charge in [-0.3, -0.25) is 14.5 Å². The van der Waals surface area contributed by atoms with Crippen LogP contribution in [0.25, 0.3) is 6.08 Å². The molecule has 10 heteroatoms. The lowest BCUT2D eigenvalue weighted by molar-refractivity contribution is -0.132. The van der Waals surface area contributed by atoms with Gasteiger partial charge in [0.25, 0.3) is 11.8 Å². The zero-order valence-electron chi connectivity index (χ0n) is 19.4. The summed E-state index contributed by atoms with van der Waals surface area (Å²) in [6.45, 7) is 3.82. The molecule has 2 heterocycles. The minimum atomic E-state index is -0.240. The van der Waals surface area contributed by atoms with Gasteiger partial charge in [-0.15, -0.1) is 0 Å². The maximum Gasteiger partial charge on any atom is 0.270 e. The minimum Gasteiger partial charge on any atom is -0.495 e. The normalized spacial score (nSPS) is 16.8. The van der Waals surface area contributed by atoms with Gasteiger partial charge in [-0.25, -0.2) is 0 Å². The van der Waals surface area contributed by atoms with Gasteiger partial charge < -0.3 is 19.1 Å². The van der Waals surface area contributed by atoms with Crippen LogP contribution in [0.1, 0.15) is 25.3 Å². The second-order valence-corrected chi connectivity index (χ2v) is 9.93. The molecule has 0 aromatic heterocycles. The highest BCUT2D eigenvalue weighted by atomic mass is 35.5. The number of carbonyl (C=O) groups excluding carboxylic acids is 2. The van der Waals surface area contributed by atoms with E-state index in [2.05, 4.69) is 0 Å². The van der Waals surface area contributed by atoms with E-state index in [1.807, 2.05) is 17.9 Å². The molecular weight excluding hydrogens is 508 g/mol. The molecule has 2 aliphatic heterocycles. The summed E-state index contributed by atoms with van der Waals surface area (Å²) in [7, 11) is 1.53. The Morgan fingerprint density at radius 2 is 1.86 bits per heavy atom. The van der Waals surface area contributed by atoms with Gasteiger partial charge in [0, 0.05) is 13.1 Å². The molecule has 2 amide bonds. The molecule has 0 atom stereocenters. The molecule has 0 unspecified atom stereocenters. The predicted molar refractivity (Wildman–Crippen MR) is 143 cm³/mol.